The molecular formula is C14H21N3O4. The van der Waals surface area contributed by atoms with Crippen molar-refractivity contribution < 1.29 is 9.53 Å². The Labute approximate surface area is 122 Å². The molecule has 0 N–H and O–H groups in total. The molecular weight excluding hydrogens is 274 g/mol. The van der Waals surface area contributed by atoms with E-state index < -0.39 is 11.7 Å². The van der Waals surface area contributed by atoms with Gasteiger partial charge in [-0.25, -0.2) is 9.59 Å². The number of ether oxygens (including phenoxy) is 1. The van der Waals surface area contributed by atoms with Gasteiger partial charge in [0.05, 0.1) is 6.61 Å². The minimum Gasteiger partial charge on any atom is -0.464 e. The molecule has 0 bridgehead atoms. The lowest BCUT2D eigenvalue weighted by molar-refractivity contribution is -0.145. The highest BCUT2D eigenvalue weighted by Gasteiger charge is 2.31. The van der Waals surface area contributed by atoms with Crippen molar-refractivity contribution in [2.75, 3.05) is 18.1 Å². The van der Waals surface area contributed by atoms with E-state index in [1.54, 1.807) is 14.0 Å². The van der Waals surface area contributed by atoms with Crippen LogP contribution in [0.4, 0.5) is 5.82 Å². The van der Waals surface area contributed by atoms with Crippen LogP contribution in [0.15, 0.2) is 15.7 Å². The molecule has 2 rings (SSSR count). The van der Waals surface area contributed by atoms with E-state index in [0.29, 0.717) is 25.4 Å². The summed E-state index contributed by atoms with van der Waals surface area (Å²) in [6.45, 7) is 2.71. The molecule has 1 aromatic rings. The quantitative estimate of drug-likeness (QED) is 0.734. The van der Waals surface area contributed by atoms with E-state index in [0.717, 1.165) is 17.4 Å². The van der Waals surface area contributed by atoms with Gasteiger partial charge < -0.3 is 9.64 Å². The molecule has 1 aliphatic heterocycles. The van der Waals surface area contributed by atoms with Gasteiger partial charge in [0.25, 0.3) is 5.56 Å². The molecule has 1 aromatic heterocycles. The lowest BCUT2D eigenvalue weighted by Crippen LogP contribution is -2.49. The number of nitrogens with zero attached hydrogens (tertiary/aromatic N) is 3. The molecule has 0 aromatic carbocycles. The molecule has 7 nitrogen and oxygen atoms in total. The molecule has 116 valence electrons. The Hall–Kier alpha value is -2.05. The van der Waals surface area contributed by atoms with Crippen molar-refractivity contribution in [1.82, 2.24) is 9.13 Å². The molecule has 0 radical (unpaired) electrons. The van der Waals surface area contributed by atoms with Crippen molar-refractivity contribution in [3.8, 4) is 0 Å². The zero-order chi connectivity index (χ0) is 15.6. The number of rotatable bonds is 3. The predicted octanol–water partition coefficient (Wildman–Crippen LogP) is 0.00600. The molecule has 0 saturated carbocycles. The molecule has 1 fully saturated rings. The second-order valence-electron chi connectivity index (χ2n) is 5.20. The minimum absolute atomic E-state index is 0.301. The Kier molecular flexibility index (Phi) is 4.50. The number of carbonyl (C=O) groups excluding carboxylic acids is 1. The first-order chi connectivity index (χ1) is 9.97. The van der Waals surface area contributed by atoms with Crippen molar-refractivity contribution in [1.29, 1.82) is 0 Å². The van der Waals surface area contributed by atoms with Crippen LogP contribution < -0.4 is 16.1 Å². The van der Waals surface area contributed by atoms with E-state index in [1.807, 2.05) is 4.90 Å². The third-order valence-electron chi connectivity index (χ3n) is 3.86. The average molecular weight is 295 g/mol. The van der Waals surface area contributed by atoms with Crippen LogP contribution >= 0.6 is 0 Å². The van der Waals surface area contributed by atoms with Gasteiger partial charge in [-0.3, -0.25) is 13.9 Å². The number of piperidine rings is 1. The smallest absolute Gasteiger partial charge is 0.332 e. The van der Waals surface area contributed by atoms with Crippen LogP contribution in [-0.4, -0.2) is 34.3 Å². The van der Waals surface area contributed by atoms with Crippen LogP contribution in [0.1, 0.15) is 26.2 Å². The number of hydrogen-bond acceptors (Lipinski definition) is 5. The fourth-order valence-electron chi connectivity index (χ4n) is 2.69. The fourth-order valence-corrected chi connectivity index (χ4v) is 2.69. The largest absolute Gasteiger partial charge is 0.464 e. The summed E-state index contributed by atoms with van der Waals surface area (Å²) in [6, 6.07) is 0.968. The van der Waals surface area contributed by atoms with Crippen LogP contribution in [0.5, 0.6) is 0 Å². The van der Waals surface area contributed by atoms with Crippen LogP contribution in [0.2, 0.25) is 0 Å². The lowest BCUT2D eigenvalue weighted by atomic mass is 10.0. The standard InChI is InChI=1S/C14H21N3O4/c1-4-21-13(19)10-7-5-6-8-17(10)11-9-12(18)16(3)14(20)15(11)2/h9-10H,4-8H2,1-3H3/t10-/m0/s1. The van der Waals surface area contributed by atoms with Gasteiger partial charge in [-0.2, -0.15) is 0 Å². The van der Waals surface area contributed by atoms with Gasteiger partial charge in [0, 0.05) is 26.7 Å². The summed E-state index contributed by atoms with van der Waals surface area (Å²) < 4.78 is 7.56. The first kappa shape index (κ1) is 15.3. The zero-order valence-corrected chi connectivity index (χ0v) is 12.7. The number of aromatic nitrogens is 2. The molecule has 1 saturated heterocycles. The third-order valence-corrected chi connectivity index (χ3v) is 3.86. The summed E-state index contributed by atoms with van der Waals surface area (Å²) in [6.07, 6.45) is 2.51. The second-order valence-corrected chi connectivity index (χ2v) is 5.20. The van der Waals surface area contributed by atoms with Gasteiger partial charge in [0.2, 0.25) is 0 Å². The van der Waals surface area contributed by atoms with Gasteiger partial charge in [-0.05, 0) is 26.2 Å². The van der Waals surface area contributed by atoms with Gasteiger partial charge >= 0.3 is 11.7 Å². The zero-order valence-electron chi connectivity index (χ0n) is 12.7. The fraction of sp³-hybridized carbons (Fsp3) is 0.643. The van der Waals surface area contributed by atoms with E-state index in [-0.39, 0.29) is 11.5 Å². The van der Waals surface area contributed by atoms with E-state index in [2.05, 4.69) is 0 Å². The Morgan fingerprint density at radius 1 is 1.29 bits per heavy atom. The first-order valence-corrected chi connectivity index (χ1v) is 7.17. The summed E-state index contributed by atoms with van der Waals surface area (Å²) in [4.78, 5) is 37.8. The van der Waals surface area contributed by atoms with Crippen molar-refractivity contribution in [2.45, 2.75) is 32.2 Å². The summed E-state index contributed by atoms with van der Waals surface area (Å²) in [5, 5.41) is 0. The van der Waals surface area contributed by atoms with Crippen molar-refractivity contribution >= 4 is 11.8 Å². The van der Waals surface area contributed by atoms with Crippen LogP contribution in [0, 0.1) is 0 Å². The normalized spacial score (nSPS) is 18.6. The number of hydrogen-bond donors (Lipinski definition) is 0. The molecule has 0 unspecified atom stereocenters. The SMILES string of the molecule is CCOC(=O)[C@@H]1CCCCN1c1cc(=O)n(C)c(=O)n1C. The molecule has 0 amide bonds. The molecule has 0 aliphatic carbocycles. The summed E-state index contributed by atoms with van der Waals surface area (Å²) in [7, 11) is 3.04. The number of esters is 1. The maximum absolute atomic E-state index is 12.1. The van der Waals surface area contributed by atoms with Gasteiger partial charge in [0.15, 0.2) is 0 Å². The van der Waals surface area contributed by atoms with Crippen molar-refractivity contribution in [3.63, 3.8) is 0 Å². The highest BCUT2D eigenvalue weighted by Crippen LogP contribution is 2.23. The summed E-state index contributed by atoms with van der Waals surface area (Å²) >= 11 is 0. The van der Waals surface area contributed by atoms with Gasteiger partial charge in [-0.15, -0.1) is 0 Å². The van der Waals surface area contributed by atoms with Crippen LogP contribution in [0.3, 0.4) is 0 Å². The Morgan fingerprint density at radius 2 is 2.00 bits per heavy atom. The second kappa shape index (κ2) is 6.15. The van der Waals surface area contributed by atoms with E-state index in [9.17, 15) is 14.4 Å². The van der Waals surface area contributed by atoms with Crippen LogP contribution in [0.25, 0.3) is 0 Å². The summed E-state index contributed by atoms with van der Waals surface area (Å²) in [5.41, 5.74) is -0.771. The van der Waals surface area contributed by atoms with Crippen molar-refractivity contribution in [2.24, 2.45) is 14.1 Å². The maximum atomic E-state index is 12.1. The maximum Gasteiger partial charge on any atom is 0.332 e. The van der Waals surface area contributed by atoms with E-state index >= 15 is 0 Å². The van der Waals surface area contributed by atoms with Crippen LogP contribution in [-0.2, 0) is 23.6 Å². The molecule has 1 atom stereocenters. The molecule has 0 spiro atoms. The third kappa shape index (κ3) is 2.86. The monoisotopic (exact) mass is 295 g/mol. The van der Waals surface area contributed by atoms with Gasteiger partial charge in [-0.1, -0.05) is 0 Å². The predicted molar refractivity (Wildman–Crippen MR) is 78.5 cm³/mol. The Balaban J connectivity index is 2.45. The summed E-state index contributed by atoms with van der Waals surface area (Å²) in [5.74, 6) is 0.172. The highest BCUT2D eigenvalue weighted by molar-refractivity contribution is 5.80. The highest BCUT2D eigenvalue weighted by atomic mass is 16.5. The number of anilines is 1. The molecule has 2 heterocycles. The topological polar surface area (TPSA) is 73.5 Å². The first-order valence-electron chi connectivity index (χ1n) is 7.17. The number of carbonyl (C=O) groups is 1. The molecule has 21 heavy (non-hydrogen) atoms. The minimum atomic E-state index is -0.434. The average Bonchev–Trinajstić information content (AvgIpc) is 2.49. The van der Waals surface area contributed by atoms with E-state index in [1.165, 1.54) is 17.7 Å². The van der Waals surface area contributed by atoms with Gasteiger partial charge in [0.1, 0.15) is 11.9 Å². The Morgan fingerprint density at radius 3 is 2.67 bits per heavy atom. The molecule has 1 aliphatic rings. The Bertz CT molecular complexity index is 647. The van der Waals surface area contributed by atoms with E-state index in [4.69, 9.17) is 4.74 Å². The van der Waals surface area contributed by atoms with Crippen molar-refractivity contribution in [3.05, 3.63) is 26.9 Å². The molecule has 7 heteroatoms. The lowest BCUT2D eigenvalue weighted by Gasteiger charge is -2.36.